The van der Waals surface area contributed by atoms with Crippen LogP contribution in [-0.2, 0) is 9.53 Å². The molecule has 5 heteroatoms. The summed E-state index contributed by atoms with van der Waals surface area (Å²) in [4.78, 5) is 11.4. The third-order valence-corrected chi connectivity index (χ3v) is 2.76. The highest BCUT2D eigenvalue weighted by molar-refractivity contribution is 6.35. The predicted octanol–water partition coefficient (Wildman–Crippen LogP) is 3.16. The van der Waals surface area contributed by atoms with Crippen LogP contribution in [0.15, 0.2) is 24.3 Å². The molecule has 1 aromatic carbocycles. The molecule has 0 aliphatic heterocycles. The van der Waals surface area contributed by atoms with Crippen LogP contribution in [0.25, 0.3) is 6.08 Å². The average Bonchev–Trinajstić information content (AvgIpc) is 2.33. The summed E-state index contributed by atoms with van der Waals surface area (Å²) in [6.45, 7) is 1.22. The van der Waals surface area contributed by atoms with E-state index in [9.17, 15) is 4.79 Å². The molecule has 18 heavy (non-hydrogen) atoms. The maximum absolute atomic E-state index is 11.4. The van der Waals surface area contributed by atoms with Crippen molar-refractivity contribution in [3.05, 3.63) is 39.9 Å². The molecule has 98 valence electrons. The molecule has 0 fully saturated rings. The molecule has 0 radical (unpaired) electrons. The number of carbonyl (C=O) groups excluding carboxylic acids is 1. The van der Waals surface area contributed by atoms with E-state index in [0.717, 1.165) is 12.0 Å². The Balaban J connectivity index is 2.45. The number of rotatable bonds is 6. The van der Waals surface area contributed by atoms with Crippen molar-refractivity contribution in [2.75, 3.05) is 20.3 Å². The van der Waals surface area contributed by atoms with Gasteiger partial charge in [0.2, 0.25) is 5.91 Å². The lowest BCUT2D eigenvalue weighted by Crippen LogP contribution is -2.22. The van der Waals surface area contributed by atoms with Crippen molar-refractivity contribution >= 4 is 35.2 Å². The van der Waals surface area contributed by atoms with Crippen LogP contribution in [0, 0.1) is 0 Å². The second-order valence-corrected chi connectivity index (χ2v) is 4.48. The Morgan fingerprint density at radius 3 is 2.89 bits per heavy atom. The molecule has 1 rings (SSSR count). The molecule has 0 heterocycles. The maximum atomic E-state index is 11.4. The van der Waals surface area contributed by atoms with Gasteiger partial charge in [0.05, 0.1) is 0 Å². The van der Waals surface area contributed by atoms with E-state index in [1.165, 1.54) is 6.08 Å². The molecule has 1 amide bonds. The molecule has 0 atom stereocenters. The molecule has 0 aliphatic rings. The topological polar surface area (TPSA) is 38.3 Å². The van der Waals surface area contributed by atoms with Crippen LogP contribution in [0.5, 0.6) is 0 Å². The van der Waals surface area contributed by atoms with Crippen LogP contribution in [0.2, 0.25) is 10.0 Å². The lowest BCUT2D eigenvalue weighted by atomic mass is 10.2. The minimum absolute atomic E-state index is 0.155. The first kappa shape index (κ1) is 15.0. The van der Waals surface area contributed by atoms with Crippen molar-refractivity contribution in [1.29, 1.82) is 0 Å². The van der Waals surface area contributed by atoms with Crippen LogP contribution >= 0.6 is 23.2 Å². The second-order valence-electron chi connectivity index (χ2n) is 3.64. The molecular weight excluding hydrogens is 273 g/mol. The van der Waals surface area contributed by atoms with Crippen molar-refractivity contribution in [2.24, 2.45) is 0 Å². The van der Waals surface area contributed by atoms with Gasteiger partial charge in [0.25, 0.3) is 0 Å². The van der Waals surface area contributed by atoms with Gasteiger partial charge in [0.15, 0.2) is 0 Å². The van der Waals surface area contributed by atoms with Gasteiger partial charge in [-0.2, -0.15) is 0 Å². The van der Waals surface area contributed by atoms with Crippen LogP contribution < -0.4 is 5.32 Å². The van der Waals surface area contributed by atoms with E-state index in [2.05, 4.69) is 5.32 Å². The number of methoxy groups -OCH3 is 1. The van der Waals surface area contributed by atoms with Crippen LogP contribution in [0.3, 0.4) is 0 Å². The van der Waals surface area contributed by atoms with Crippen molar-refractivity contribution in [2.45, 2.75) is 6.42 Å². The van der Waals surface area contributed by atoms with Gasteiger partial charge in [0, 0.05) is 36.4 Å². The highest BCUT2D eigenvalue weighted by atomic mass is 35.5. The zero-order chi connectivity index (χ0) is 13.4. The summed E-state index contributed by atoms with van der Waals surface area (Å²) < 4.78 is 4.88. The summed E-state index contributed by atoms with van der Waals surface area (Å²) in [5, 5.41) is 3.83. The maximum Gasteiger partial charge on any atom is 0.244 e. The molecule has 0 bridgehead atoms. The Morgan fingerprint density at radius 2 is 2.22 bits per heavy atom. The number of amides is 1. The normalized spacial score (nSPS) is 10.8. The lowest BCUT2D eigenvalue weighted by molar-refractivity contribution is -0.116. The fourth-order valence-electron chi connectivity index (χ4n) is 1.29. The van der Waals surface area contributed by atoms with Gasteiger partial charge < -0.3 is 10.1 Å². The molecule has 0 saturated carbocycles. The number of hydrogen-bond donors (Lipinski definition) is 1. The van der Waals surface area contributed by atoms with E-state index >= 15 is 0 Å². The monoisotopic (exact) mass is 287 g/mol. The summed E-state index contributed by atoms with van der Waals surface area (Å²) >= 11 is 11.8. The van der Waals surface area contributed by atoms with Crippen molar-refractivity contribution in [3.63, 3.8) is 0 Å². The van der Waals surface area contributed by atoms with Crippen molar-refractivity contribution in [3.8, 4) is 0 Å². The van der Waals surface area contributed by atoms with Gasteiger partial charge >= 0.3 is 0 Å². The minimum Gasteiger partial charge on any atom is -0.385 e. The van der Waals surface area contributed by atoms with Crippen LogP contribution in [0.4, 0.5) is 0 Å². The first-order valence-corrected chi connectivity index (χ1v) is 6.29. The smallest absolute Gasteiger partial charge is 0.244 e. The third kappa shape index (κ3) is 5.54. The largest absolute Gasteiger partial charge is 0.385 e. The highest BCUT2D eigenvalue weighted by Gasteiger charge is 1.99. The summed E-state index contributed by atoms with van der Waals surface area (Å²) in [6, 6.07) is 5.13. The van der Waals surface area contributed by atoms with Crippen molar-refractivity contribution < 1.29 is 9.53 Å². The van der Waals surface area contributed by atoms with E-state index in [1.54, 1.807) is 31.4 Å². The lowest BCUT2D eigenvalue weighted by Gasteiger charge is -2.01. The number of benzene rings is 1. The number of hydrogen-bond acceptors (Lipinski definition) is 2. The van der Waals surface area contributed by atoms with Crippen LogP contribution in [0.1, 0.15) is 12.0 Å². The summed E-state index contributed by atoms with van der Waals surface area (Å²) in [5.74, 6) is -0.155. The predicted molar refractivity (Wildman–Crippen MR) is 75.0 cm³/mol. The first-order chi connectivity index (χ1) is 8.63. The van der Waals surface area contributed by atoms with E-state index in [4.69, 9.17) is 27.9 Å². The van der Waals surface area contributed by atoms with Gasteiger partial charge in [0.1, 0.15) is 0 Å². The Labute approximate surface area is 117 Å². The first-order valence-electron chi connectivity index (χ1n) is 5.53. The molecule has 0 saturated heterocycles. The molecular formula is C13H15Cl2NO2. The fourth-order valence-corrected chi connectivity index (χ4v) is 1.76. The molecule has 0 aliphatic carbocycles. The van der Waals surface area contributed by atoms with Gasteiger partial charge in [-0.05, 0) is 30.2 Å². The average molecular weight is 288 g/mol. The SMILES string of the molecule is COCCCNC(=O)C=Cc1ccc(Cl)cc1Cl. The van der Waals surface area contributed by atoms with E-state index < -0.39 is 0 Å². The number of ether oxygens (including phenoxy) is 1. The van der Waals surface area contributed by atoms with E-state index in [1.807, 2.05) is 0 Å². The third-order valence-electron chi connectivity index (χ3n) is 2.20. The Kier molecular flexibility index (Phi) is 6.80. The highest BCUT2D eigenvalue weighted by Crippen LogP contribution is 2.21. The molecule has 0 aromatic heterocycles. The molecule has 0 spiro atoms. The van der Waals surface area contributed by atoms with Gasteiger partial charge in [-0.1, -0.05) is 29.3 Å². The molecule has 1 N–H and O–H groups in total. The molecule has 0 unspecified atom stereocenters. The zero-order valence-corrected chi connectivity index (χ0v) is 11.6. The Hall–Kier alpha value is -1.03. The van der Waals surface area contributed by atoms with Crippen molar-refractivity contribution in [1.82, 2.24) is 5.32 Å². The second kappa shape index (κ2) is 8.14. The number of carbonyl (C=O) groups is 1. The Morgan fingerprint density at radius 1 is 1.44 bits per heavy atom. The Bertz CT molecular complexity index is 433. The molecule has 3 nitrogen and oxygen atoms in total. The summed E-state index contributed by atoms with van der Waals surface area (Å²) in [6.07, 6.45) is 3.89. The van der Waals surface area contributed by atoms with Gasteiger partial charge in [-0.25, -0.2) is 0 Å². The van der Waals surface area contributed by atoms with Crippen LogP contribution in [-0.4, -0.2) is 26.2 Å². The van der Waals surface area contributed by atoms with Gasteiger partial charge in [-0.15, -0.1) is 0 Å². The van der Waals surface area contributed by atoms with E-state index in [0.29, 0.717) is 23.2 Å². The summed E-state index contributed by atoms with van der Waals surface area (Å²) in [7, 11) is 1.63. The zero-order valence-electron chi connectivity index (χ0n) is 10.1. The minimum atomic E-state index is -0.155. The number of nitrogens with one attached hydrogen (secondary N) is 1. The molecule has 1 aromatic rings. The van der Waals surface area contributed by atoms with E-state index in [-0.39, 0.29) is 5.91 Å². The van der Waals surface area contributed by atoms with Gasteiger partial charge in [-0.3, -0.25) is 4.79 Å². The standard InChI is InChI=1S/C13H15Cl2NO2/c1-18-8-2-7-16-13(17)6-4-10-3-5-11(14)9-12(10)15/h3-6,9H,2,7-8H2,1H3,(H,16,17). The number of halogens is 2. The quantitative estimate of drug-likeness (QED) is 0.645. The summed E-state index contributed by atoms with van der Waals surface area (Å²) in [5.41, 5.74) is 0.758. The fraction of sp³-hybridized carbons (Fsp3) is 0.308.